The van der Waals surface area contributed by atoms with Crippen molar-refractivity contribution in [2.24, 2.45) is 0 Å². The van der Waals surface area contributed by atoms with Gasteiger partial charge in [-0.3, -0.25) is 4.57 Å². The maximum atomic E-state index is 13.7. The van der Waals surface area contributed by atoms with Crippen molar-refractivity contribution >= 4 is 17.0 Å². The Labute approximate surface area is 122 Å². The number of fused-ring (bicyclic) bond motifs is 2. The Morgan fingerprint density at radius 3 is 2.81 bits per heavy atom. The van der Waals surface area contributed by atoms with Crippen LogP contribution in [0.15, 0.2) is 30.3 Å². The van der Waals surface area contributed by atoms with E-state index >= 15 is 0 Å². The normalized spacial score (nSPS) is 13.8. The van der Waals surface area contributed by atoms with Gasteiger partial charge in [-0.25, -0.2) is 9.37 Å². The number of halogens is 1. The summed E-state index contributed by atoms with van der Waals surface area (Å²) in [4.78, 5) is 4.29. The molecule has 106 valence electrons. The highest BCUT2D eigenvalue weighted by atomic mass is 19.1. The molecule has 1 aliphatic rings. The summed E-state index contributed by atoms with van der Waals surface area (Å²) >= 11 is 0. The number of imidazole rings is 1. The third kappa shape index (κ3) is 1.82. The van der Waals surface area contributed by atoms with Crippen LogP contribution >= 0.6 is 0 Å². The molecule has 4 rings (SSSR count). The van der Waals surface area contributed by atoms with Gasteiger partial charge in [0.25, 0.3) is 0 Å². The Morgan fingerprint density at radius 2 is 1.95 bits per heavy atom. The highest BCUT2D eigenvalue weighted by molar-refractivity contribution is 5.81. The van der Waals surface area contributed by atoms with Crippen LogP contribution in [0, 0.1) is 12.7 Å². The minimum absolute atomic E-state index is 0.249. The van der Waals surface area contributed by atoms with Gasteiger partial charge < -0.3 is 5.73 Å². The van der Waals surface area contributed by atoms with Crippen molar-refractivity contribution in [1.82, 2.24) is 9.55 Å². The first-order chi connectivity index (χ1) is 10.1. The summed E-state index contributed by atoms with van der Waals surface area (Å²) in [5.41, 5.74) is 11.9. The maximum absolute atomic E-state index is 13.7. The molecule has 0 atom stereocenters. The quantitative estimate of drug-likeness (QED) is 0.741. The number of rotatable bonds is 1. The molecule has 2 aromatic carbocycles. The topological polar surface area (TPSA) is 43.8 Å². The van der Waals surface area contributed by atoms with E-state index in [1.807, 2.05) is 4.57 Å². The predicted octanol–water partition coefficient (Wildman–Crippen LogP) is 3.54. The lowest BCUT2D eigenvalue weighted by Gasteiger charge is -2.09. The van der Waals surface area contributed by atoms with E-state index in [1.165, 1.54) is 23.6 Å². The first-order valence-electron chi connectivity index (χ1n) is 7.20. The van der Waals surface area contributed by atoms with Crippen LogP contribution in [0.5, 0.6) is 0 Å². The summed E-state index contributed by atoms with van der Waals surface area (Å²) < 4.78 is 15.6. The number of anilines is 1. The molecule has 21 heavy (non-hydrogen) atoms. The van der Waals surface area contributed by atoms with E-state index in [-0.39, 0.29) is 5.82 Å². The van der Waals surface area contributed by atoms with Gasteiger partial charge in [0.15, 0.2) is 0 Å². The molecule has 0 bridgehead atoms. The van der Waals surface area contributed by atoms with Crippen LogP contribution in [0.1, 0.15) is 23.1 Å². The lowest BCUT2D eigenvalue weighted by atomic mass is 10.1. The Balaban J connectivity index is 1.97. The van der Waals surface area contributed by atoms with Gasteiger partial charge >= 0.3 is 0 Å². The molecular formula is C17H16FN3. The molecular weight excluding hydrogens is 265 g/mol. The fourth-order valence-corrected chi connectivity index (χ4v) is 3.19. The van der Waals surface area contributed by atoms with Crippen LogP contribution in [0.2, 0.25) is 0 Å². The van der Waals surface area contributed by atoms with Crippen molar-refractivity contribution in [2.45, 2.75) is 26.2 Å². The van der Waals surface area contributed by atoms with Crippen LogP contribution in [-0.4, -0.2) is 9.55 Å². The Morgan fingerprint density at radius 1 is 1.14 bits per heavy atom. The van der Waals surface area contributed by atoms with Crippen molar-refractivity contribution in [2.75, 3.05) is 5.73 Å². The zero-order chi connectivity index (χ0) is 14.6. The number of nitrogens with zero attached hydrogens (tertiary/aromatic N) is 2. The number of aromatic nitrogens is 2. The highest BCUT2D eigenvalue weighted by Gasteiger charge is 2.15. The number of benzene rings is 2. The first-order valence-corrected chi connectivity index (χ1v) is 7.20. The number of aryl methyl sites for hydroxylation is 3. The van der Waals surface area contributed by atoms with E-state index in [1.54, 1.807) is 13.0 Å². The zero-order valence-electron chi connectivity index (χ0n) is 11.9. The van der Waals surface area contributed by atoms with Crippen molar-refractivity contribution in [3.05, 3.63) is 52.8 Å². The summed E-state index contributed by atoms with van der Waals surface area (Å²) in [5.74, 6) is 0.147. The number of hydrogen-bond acceptors (Lipinski definition) is 2. The second-order valence-electron chi connectivity index (χ2n) is 5.70. The molecule has 2 N–H and O–H groups in total. The third-order valence-corrected chi connectivity index (χ3v) is 4.30. The average Bonchev–Trinajstić information content (AvgIpc) is 3.02. The van der Waals surface area contributed by atoms with E-state index in [2.05, 4.69) is 23.2 Å². The SMILES string of the molecule is Cc1cc2c(cc1F)nc(N)n2-c1ccc2c(c1)CCC2. The fourth-order valence-electron chi connectivity index (χ4n) is 3.19. The number of nitrogen functional groups attached to an aromatic ring is 1. The molecule has 3 aromatic rings. The first kappa shape index (κ1) is 12.4. The Bertz CT molecular complexity index is 864. The molecule has 0 saturated heterocycles. The fraction of sp³-hybridized carbons (Fsp3) is 0.235. The minimum Gasteiger partial charge on any atom is -0.369 e. The van der Waals surface area contributed by atoms with Gasteiger partial charge in [0, 0.05) is 11.8 Å². The van der Waals surface area contributed by atoms with Gasteiger partial charge in [-0.1, -0.05) is 6.07 Å². The second kappa shape index (κ2) is 4.32. The van der Waals surface area contributed by atoms with Crippen LogP contribution in [0.25, 0.3) is 16.7 Å². The summed E-state index contributed by atoms with van der Waals surface area (Å²) in [6.45, 7) is 1.75. The predicted molar refractivity (Wildman–Crippen MR) is 82.2 cm³/mol. The Hall–Kier alpha value is -2.36. The highest BCUT2D eigenvalue weighted by Crippen LogP contribution is 2.29. The summed E-state index contributed by atoms with van der Waals surface area (Å²) in [6, 6.07) is 9.67. The average molecular weight is 281 g/mol. The number of hydrogen-bond donors (Lipinski definition) is 1. The van der Waals surface area contributed by atoms with Crippen molar-refractivity contribution in [3.63, 3.8) is 0 Å². The lowest BCUT2D eigenvalue weighted by Crippen LogP contribution is -2.01. The minimum atomic E-state index is -0.249. The van der Waals surface area contributed by atoms with Gasteiger partial charge in [-0.05, 0) is 61.1 Å². The second-order valence-corrected chi connectivity index (χ2v) is 5.70. The van der Waals surface area contributed by atoms with E-state index < -0.39 is 0 Å². The van der Waals surface area contributed by atoms with Crippen LogP contribution < -0.4 is 5.73 Å². The lowest BCUT2D eigenvalue weighted by molar-refractivity contribution is 0.620. The molecule has 0 amide bonds. The standard InChI is InChI=1S/C17H16FN3/c1-10-7-16-15(9-14(10)18)20-17(19)21(16)13-6-5-11-3-2-4-12(11)8-13/h5-9H,2-4H2,1H3,(H2,19,20). The van der Waals surface area contributed by atoms with E-state index in [0.717, 1.165) is 24.0 Å². The smallest absolute Gasteiger partial charge is 0.205 e. The summed E-state index contributed by atoms with van der Waals surface area (Å²) in [6.07, 6.45) is 3.48. The van der Waals surface area contributed by atoms with E-state index in [0.29, 0.717) is 17.0 Å². The molecule has 0 fully saturated rings. The molecule has 1 aromatic heterocycles. The van der Waals surface area contributed by atoms with Gasteiger partial charge in [0.05, 0.1) is 11.0 Å². The molecule has 0 radical (unpaired) electrons. The zero-order valence-corrected chi connectivity index (χ0v) is 11.9. The maximum Gasteiger partial charge on any atom is 0.205 e. The van der Waals surface area contributed by atoms with Gasteiger partial charge in [0.1, 0.15) is 5.82 Å². The van der Waals surface area contributed by atoms with Crippen LogP contribution in [-0.2, 0) is 12.8 Å². The van der Waals surface area contributed by atoms with Crippen molar-refractivity contribution in [1.29, 1.82) is 0 Å². The third-order valence-electron chi connectivity index (χ3n) is 4.30. The van der Waals surface area contributed by atoms with Crippen LogP contribution in [0.4, 0.5) is 10.3 Å². The molecule has 1 heterocycles. The Kier molecular flexibility index (Phi) is 2.55. The van der Waals surface area contributed by atoms with Gasteiger partial charge in [-0.2, -0.15) is 0 Å². The molecule has 4 heteroatoms. The molecule has 1 aliphatic carbocycles. The molecule has 0 aliphatic heterocycles. The van der Waals surface area contributed by atoms with Gasteiger partial charge in [0.2, 0.25) is 5.95 Å². The number of nitrogens with two attached hydrogens (primary N) is 1. The van der Waals surface area contributed by atoms with E-state index in [9.17, 15) is 4.39 Å². The summed E-state index contributed by atoms with van der Waals surface area (Å²) in [5, 5.41) is 0. The monoisotopic (exact) mass is 281 g/mol. The molecule has 0 saturated carbocycles. The van der Waals surface area contributed by atoms with Crippen molar-refractivity contribution in [3.8, 4) is 5.69 Å². The van der Waals surface area contributed by atoms with Gasteiger partial charge in [-0.15, -0.1) is 0 Å². The largest absolute Gasteiger partial charge is 0.369 e. The van der Waals surface area contributed by atoms with Crippen LogP contribution in [0.3, 0.4) is 0 Å². The molecule has 0 spiro atoms. The molecule has 0 unspecified atom stereocenters. The van der Waals surface area contributed by atoms with E-state index in [4.69, 9.17) is 5.73 Å². The van der Waals surface area contributed by atoms with Crippen molar-refractivity contribution < 1.29 is 4.39 Å². The molecule has 3 nitrogen and oxygen atoms in total. The summed E-state index contributed by atoms with van der Waals surface area (Å²) in [7, 11) is 0.